The van der Waals surface area contributed by atoms with Gasteiger partial charge in [-0.25, -0.2) is 14.4 Å². The number of hydrogen-bond donors (Lipinski definition) is 1. The first-order valence-corrected chi connectivity index (χ1v) is 11.7. The summed E-state index contributed by atoms with van der Waals surface area (Å²) in [5, 5.41) is 10.4. The monoisotopic (exact) mass is 493 g/mol. The molecule has 1 saturated heterocycles. The lowest BCUT2D eigenvalue weighted by molar-refractivity contribution is -0.118. The zero-order valence-corrected chi connectivity index (χ0v) is 20.4. The van der Waals surface area contributed by atoms with Gasteiger partial charge in [0.15, 0.2) is 5.82 Å². The van der Waals surface area contributed by atoms with Crippen LogP contribution in [0.3, 0.4) is 0 Å². The van der Waals surface area contributed by atoms with Gasteiger partial charge in [0.2, 0.25) is 5.91 Å². The van der Waals surface area contributed by atoms with Gasteiger partial charge in [-0.1, -0.05) is 29.8 Å². The van der Waals surface area contributed by atoms with E-state index in [0.29, 0.717) is 36.0 Å². The van der Waals surface area contributed by atoms with Crippen molar-refractivity contribution < 1.29 is 14.3 Å². The van der Waals surface area contributed by atoms with Crippen LogP contribution < -0.4 is 9.80 Å². The predicted molar refractivity (Wildman–Crippen MR) is 135 cm³/mol. The number of aryl methyl sites for hydroxylation is 1. The Bertz CT molecular complexity index is 1430. The number of benzene rings is 2. The van der Waals surface area contributed by atoms with Crippen LogP contribution in [-0.2, 0) is 17.4 Å². The van der Waals surface area contributed by atoms with Gasteiger partial charge in [-0.2, -0.15) is 0 Å². The van der Waals surface area contributed by atoms with Gasteiger partial charge in [0.25, 0.3) is 0 Å². The van der Waals surface area contributed by atoms with E-state index in [0.717, 1.165) is 11.0 Å². The van der Waals surface area contributed by atoms with E-state index < -0.39 is 11.4 Å². The molecule has 1 N–H and O–H groups in total. The van der Waals surface area contributed by atoms with Crippen LogP contribution in [0, 0.1) is 5.82 Å². The highest BCUT2D eigenvalue weighted by atomic mass is 35.5. The summed E-state index contributed by atoms with van der Waals surface area (Å²) in [6.45, 7) is 4.11. The number of imidazole rings is 1. The number of nitrogens with zero attached hydrogens (tertiary/aromatic N) is 5. The number of carbonyl (C=O) groups is 1. The quantitative estimate of drug-likeness (QED) is 0.453. The average molecular weight is 494 g/mol. The molecule has 1 fully saturated rings. The number of pyridine rings is 1. The molecule has 0 saturated carbocycles. The van der Waals surface area contributed by atoms with Crippen molar-refractivity contribution in [3.05, 3.63) is 71.1 Å². The topological polar surface area (TPSA) is 74.5 Å². The van der Waals surface area contributed by atoms with E-state index in [1.165, 1.54) is 0 Å². The highest BCUT2D eigenvalue weighted by Gasteiger charge is 2.30. The number of halogens is 2. The van der Waals surface area contributed by atoms with Crippen molar-refractivity contribution in [2.45, 2.75) is 19.4 Å². The van der Waals surface area contributed by atoms with Crippen LogP contribution in [0.2, 0.25) is 5.02 Å². The zero-order chi connectivity index (χ0) is 24.9. The molecule has 4 aromatic rings. The largest absolute Gasteiger partial charge is 0.386 e. The van der Waals surface area contributed by atoms with Crippen molar-refractivity contribution in [3.63, 3.8) is 0 Å². The Balaban J connectivity index is 1.43. The average Bonchev–Trinajstić information content (AvgIpc) is 3.15. The van der Waals surface area contributed by atoms with Gasteiger partial charge in [0, 0.05) is 31.9 Å². The van der Waals surface area contributed by atoms with Crippen LogP contribution in [0.4, 0.5) is 15.9 Å². The minimum absolute atomic E-state index is 0.00451. The molecule has 3 heterocycles. The summed E-state index contributed by atoms with van der Waals surface area (Å²) in [4.78, 5) is 25.2. The van der Waals surface area contributed by atoms with Crippen LogP contribution in [0.15, 0.2) is 54.7 Å². The number of anilines is 2. The first kappa shape index (κ1) is 23.3. The summed E-state index contributed by atoms with van der Waals surface area (Å²) in [5.74, 6) is 0.222. The third kappa shape index (κ3) is 4.13. The minimum atomic E-state index is -1.02. The molecule has 2 aromatic heterocycles. The second kappa shape index (κ2) is 8.62. The number of aromatic nitrogens is 3. The molecule has 0 aliphatic carbocycles. The van der Waals surface area contributed by atoms with Crippen LogP contribution in [-0.4, -0.2) is 45.2 Å². The number of piperazine rings is 1. The first-order chi connectivity index (χ1) is 16.6. The van der Waals surface area contributed by atoms with Crippen molar-refractivity contribution in [1.82, 2.24) is 14.5 Å². The van der Waals surface area contributed by atoms with Gasteiger partial charge >= 0.3 is 0 Å². The third-order valence-corrected chi connectivity index (χ3v) is 6.69. The van der Waals surface area contributed by atoms with Crippen LogP contribution >= 0.6 is 11.6 Å². The van der Waals surface area contributed by atoms with E-state index in [1.54, 1.807) is 54.1 Å². The number of carbonyl (C=O) groups excluding carboxylic acids is 1. The molecule has 5 rings (SSSR count). The molecule has 35 heavy (non-hydrogen) atoms. The fourth-order valence-electron chi connectivity index (χ4n) is 4.39. The highest BCUT2D eigenvalue weighted by molar-refractivity contribution is 6.33. The first-order valence-electron chi connectivity index (χ1n) is 11.3. The number of rotatable bonds is 4. The molecule has 9 heteroatoms. The fourth-order valence-corrected chi connectivity index (χ4v) is 4.62. The Morgan fingerprint density at radius 3 is 2.51 bits per heavy atom. The molecule has 7 nitrogen and oxygen atoms in total. The van der Waals surface area contributed by atoms with Gasteiger partial charge in [-0.05, 0) is 44.2 Å². The molecule has 0 bridgehead atoms. The second-order valence-electron chi connectivity index (χ2n) is 9.17. The molecular formula is C26H25ClFN5O2. The maximum Gasteiger partial charge on any atom is 0.247 e. The lowest BCUT2D eigenvalue weighted by Crippen LogP contribution is -2.51. The fraction of sp³-hybridized carbons (Fsp3) is 0.269. The van der Waals surface area contributed by atoms with E-state index in [4.69, 9.17) is 11.6 Å². The Hall–Kier alpha value is -3.49. The van der Waals surface area contributed by atoms with Gasteiger partial charge in [0.1, 0.15) is 11.6 Å². The molecule has 0 radical (unpaired) electrons. The van der Waals surface area contributed by atoms with E-state index in [1.807, 2.05) is 35.9 Å². The maximum atomic E-state index is 15.9. The summed E-state index contributed by atoms with van der Waals surface area (Å²) in [7, 11) is 1.82. The molecular weight excluding hydrogens is 469 g/mol. The standard InChI is InChI=1S/C26H25ClFN5O2/c1-26(2,35)16-8-11-21(29-14-16)33-13-12-32(15-22(33)34)20-10-9-17(27)23(24(20)28)25-30-18-6-4-5-7-19(18)31(25)3/h4-11,14,35H,12-13,15H2,1-3H3. The Morgan fingerprint density at radius 1 is 1.09 bits per heavy atom. The Kier molecular flexibility index (Phi) is 5.73. The second-order valence-corrected chi connectivity index (χ2v) is 9.58. The van der Waals surface area contributed by atoms with Gasteiger partial charge in [-0.15, -0.1) is 0 Å². The number of aliphatic hydroxyl groups is 1. The van der Waals surface area contributed by atoms with Gasteiger partial charge < -0.3 is 14.6 Å². The highest BCUT2D eigenvalue weighted by Crippen LogP contribution is 2.37. The SMILES string of the molecule is Cn1c(-c2c(Cl)ccc(N3CCN(c4ccc(C(C)(C)O)cn4)C(=O)C3)c2F)nc2ccccc21. The Labute approximate surface area is 207 Å². The summed E-state index contributed by atoms with van der Waals surface area (Å²) < 4.78 is 17.7. The third-order valence-electron chi connectivity index (χ3n) is 6.37. The lowest BCUT2D eigenvalue weighted by atomic mass is 10.0. The summed E-state index contributed by atoms with van der Waals surface area (Å²) in [6.07, 6.45) is 1.57. The van der Waals surface area contributed by atoms with Crippen LogP contribution in [0.5, 0.6) is 0 Å². The number of amides is 1. The van der Waals surface area contributed by atoms with E-state index in [2.05, 4.69) is 9.97 Å². The van der Waals surface area contributed by atoms with Crippen molar-refractivity contribution in [1.29, 1.82) is 0 Å². The van der Waals surface area contributed by atoms with Gasteiger partial charge in [0.05, 0.1) is 39.5 Å². The normalized spacial score (nSPS) is 14.7. The number of hydrogen-bond acceptors (Lipinski definition) is 5. The molecule has 1 aliphatic heterocycles. The van der Waals surface area contributed by atoms with Crippen molar-refractivity contribution in [2.75, 3.05) is 29.4 Å². The number of para-hydroxylation sites is 2. The van der Waals surface area contributed by atoms with Crippen LogP contribution in [0.1, 0.15) is 19.4 Å². The zero-order valence-electron chi connectivity index (χ0n) is 19.7. The predicted octanol–water partition coefficient (Wildman–Crippen LogP) is 4.51. The smallest absolute Gasteiger partial charge is 0.247 e. The van der Waals surface area contributed by atoms with E-state index in [-0.39, 0.29) is 23.0 Å². The maximum absolute atomic E-state index is 15.9. The Morgan fingerprint density at radius 2 is 1.86 bits per heavy atom. The summed E-state index contributed by atoms with van der Waals surface area (Å²) in [6, 6.07) is 14.3. The van der Waals surface area contributed by atoms with Crippen molar-refractivity contribution in [3.8, 4) is 11.4 Å². The van der Waals surface area contributed by atoms with E-state index >= 15 is 4.39 Å². The van der Waals surface area contributed by atoms with Crippen molar-refractivity contribution in [2.24, 2.45) is 7.05 Å². The summed E-state index contributed by atoms with van der Waals surface area (Å²) in [5.41, 5.74) is 1.77. The minimum Gasteiger partial charge on any atom is -0.386 e. The lowest BCUT2D eigenvalue weighted by Gasteiger charge is -2.35. The van der Waals surface area contributed by atoms with Crippen molar-refractivity contribution >= 4 is 40.0 Å². The molecule has 2 aromatic carbocycles. The molecule has 0 atom stereocenters. The summed E-state index contributed by atoms with van der Waals surface area (Å²) >= 11 is 6.44. The molecule has 1 aliphatic rings. The molecule has 1 amide bonds. The molecule has 180 valence electrons. The molecule has 0 unspecified atom stereocenters. The van der Waals surface area contributed by atoms with Gasteiger partial charge in [-0.3, -0.25) is 9.69 Å². The van der Waals surface area contributed by atoms with E-state index in [9.17, 15) is 9.90 Å². The number of fused-ring (bicyclic) bond motifs is 1. The van der Waals surface area contributed by atoms with Crippen LogP contribution in [0.25, 0.3) is 22.4 Å². The molecule has 0 spiro atoms.